The minimum Gasteiger partial charge on any atom is -0.497 e. The van der Waals surface area contributed by atoms with Crippen molar-refractivity contribution in [1.82, 2.24) is 15.5 Å². The minimum absolute atomic E-state index is 0.0366. The number of fused-ring (bicyclic) bond motifs is 1. The molecule has 7 heteroatoms. The molecule has 0 saturated carbocycles. The van der Waals surface area contributed by atoms with Crippen LogP contribution in [0.3, 0.4) is 0 Å². The number of nitrogens with zero attached hydrogens (tertiary/aromatic N) is 1. The molecular weight excluding hydrogens is 418 g/mol. The first-order valence-corrected chi connectivity index (χ1v) is 11.4. The average Bonchev–Trinajstić information content (AvgIpc) is 2.76. The maximum absolute atomic E-state index is 12.7. The Kier molecular flexibility index (Phi) is 7.74. The second kappa shape index (κ2) is 10.3. The van der Waals surface area contributed by atoms with Gasteiger partial charge in [0.05, 0.1) is 27.4 Å². The second-order valence-corrected chi connectivity index (χ2v) is 9.56. The highest BCUT2D eigenvalue weighted by Gasteiger charge is 2.34. The van der Waals surface area contributed by atoms with Crippen molar-refractivity contribution in [1.29, 1.82) is 0 Å². The third kappa shape index (κ3) is 6.11. The molecule has 2 N–H and O–H groups in total. The molecule has 0 aliphatic carbocycles. The topological polar surface area (TPSA) is 72.1 Å². The molecule has 0 fully saturated rings. The zero-order chi connectivity index (χ0) is 24.2. The van der Waals surface area contributed by atoms with E-state index in [2.05, 4.69) is 46.7 Å². The summed E-state index contributed by atoms with van der Waals surface area (Å²) in [4.78, 5) is 15.1. The van der Waals surface area contributed by atoms with E-state index < -0.39 is 0 Å². The highest BCUT2D eigenvalue weighted by atomic mass is 16.5. The molecule has 2 aromatic carbocycles. The Hall–Kier alpha value is -2.93. The molecular formula is C26H37N3O4. The Morgan fingerprint density at radius 2 is 1.79 bits per heavy atom. The van der Waals surface area contributed by atoms with Gasteiger partial charge >= 0.3 is 6.03 Å². The van der Waals surface area contributed by atoms with E-state index in [1.165, 1.54) is 5.56 Å². The van der Waals surface area contributed by atoms with Gasteiger partial charge in [-0.05, 0) is 75.1 Å². The van der Waals surface area contributed by atoms with E-state index in [9.17, 15) is 4.79 Å². The number of hydrogen-bond acceptors (Lipinski definition) is 5. The third-order valence-corrected chi connectivity index (χ3v) is 5.87. The van der Waals surface area contributed by atoms with Crippen molar-refractivity contribution in [2.45, 2.75) is 58.3 Å². The van der Waals surface area contributed by atoms with Crippen molar-refractivity contribution in [3.8, 4) is 17.2 Å². The van der Waals surface area contributed by atoms with Crippen LogP contribution < -0.4 is 24.8 Å². The van der Waals surface area contributed by atoms with Crippen molar-refractivity contribution in [2.24, 2.45) is 0 Å². The molecule has 0 unspecified atom stereocenters. The predicted molar refractivity (Wildman–Crippen MR) is 130 cm³/mol. The number of nitrogens with one attached hydrogen (secondary N) is 2. The smallest absolute Gasteiger partial charge is 0.315 e. The van der Waals surface area contributed by atoms with Gasteiger partial charge in [-0.1, -0.05) is 12.1 Å². The average molecular weight is 456 g/mol. The van der Waals surface area contributed by atoms with Crippen LogP contribution >= 0.6 is 0 Å². The molecule has 0 spiro atoms. The molecule has 2 amide bonds. The number of benzene rings is 2. The van der Waals surface area contributed by atoms with Crippen LogP contribution in [0.1, 0.15) is 50.4 Å². The van der Waals surface area contributed by atoms with Crippen LogP contribution in [-0.4, -0.2) is 50.4 Å². The van der Waals surface area contributed by atoms with Crippen LogP contribution in [0.25, 0.3) is 0 Å². The maximum Gasteiger partial charge on any atom is 0.315 e. The van der Waals surface area contributed by atoms with E-state index in [-0.39, 0.29) is 23.7 Å². The van der Waals surface area contributed by atoms with E-state index in [4.69, 9.17) is 14.2 Å². The molecule has 0 aromatic heterocycles. The van der Waals surface area contributed by atoms with Gasteiger partial charge in [-0.15, -0.1) is 0 Å². The molecule has 7 nitrogen and oxygen atoms in total. The van der Waals surface area contributed by atoms with E-state index >= 15 is 0 Å². The van der Waals surface area contributed by atoms with Gasteiger partial charge in [-0.25, -0.2) is 4.79 Å². The number of urea groups is 1. The van der Waals surface area contributed by atoms with Crippen LogP contribution in [0.4, 0.5) is 4.79 Å². The van der Waals surface area contributed by atoms with Crippen molar-refractivity contribution in [2.75, 3.05) is 27.9 Å². The van der Waals surface area contributed by atoms with Crippen molar-refractivity contribution in [3.63, 3.8) is 0 Å². The molecule has 180 valence electrons. The molecule has 1 heterocycles. The van der Waals surface area contributed by atoms with Gasteiger partial charge < -0.3 is 24.8 Å². The van der Waals surface area contributed by atoms with Crippen molar-refractivity contribution >= 4 is 6.03 Å². The van der Waals surface area contributed by atoms with Crippen LogP contribution in [0.2, 0.25) is 0 Å². The lowest BCUT2D eigenvalue weighted by Crippen LogP contribution is -2.53. The Morgan fingerprint density at radius 1 is 1.09 bits per heavy atom. The van der Waals surface area contributed by atoms with E-state index in [1.807, 2.05) is 32.9 Å². The van der Waals surface area contributed by atoms with Gasteiger partial charge in [0.2, 0.25) is 0 Å². The maximum atomic E-state index is 12.7. The summed E-state index contributed by atoms with van der Waals surface area (Å²) in [5.41, 5.74) is 3.20. The molecule has 0 bridgehead atoms. The zero-order valence-corrected chi connectivity index (χ0v) is 20.8. The Balaban J connectivity index is 1.96. The first-order chi connectivity index (χ1) is 15.6. The lowest BCUT2D eigenvalue weighted by Gasteiger charge is -2.41. The number of hydrogen-bond donors (Lipinski definition) is 2. The zero-order valence-electron chi connectivity index (χ0n) is 20.8. The monoisotopic (exact) mass is 455 g/mol. The minimum atomic E-state index is -0.314. The van der Waals surface area contributed by atoms with Crippen LogP contribution in [0, 0.1) is 0 Å². The number of rotatable bonds is 7. The molecule has 3 rings (SSSR count). The van der Waals surface area contributed by atoms with Gasteiger partial charge in [0.15, 0.2) is 11.5 Å². The third-order valence-electron chi connectivity index (χ3n) is 5.87. The normalized spacial score (nSPS) is 17.0. The summed E-state index contributed by atoms with van der Waals surface area (Å²) in [6, 6.07) is 11.9. The lowest BCUT2D eigenvalue weighted by atomic mass is 9.87. The molecule has 0 radical (unpaired) electrons. The molecule has 1 aliphatic heterocycles. The summed E-state index contributed by atoms with van der Waals surface area (Å²) >= 11 is 0. The Labute approximate surface area is 197 Å². The van der Waals surface area contributed by atoms with Gasteiger partial charge in [-0.3, -0.25) is 4.90 Å². The fourth-order valence-electron chi connectivity index (χ4n) is 4.46. The standard InChI is InChI=1S/C26H37N3O4/c1-17(27-25(30)28-26(2,3)4)24-21-15-23(33-7)22(32-6)14-19(21)11-12-29(24)16-18-9-8-10-20(13-18)31-5/h8-10,13-15,17,24H,11-12,16H2,1-7H3,(H2,27,28,30)/t17-,24+/m0/s1. The molecule has 2 aromatic rings. The predicted octanol–water partition coefficient (Wildman–Crippen LogP) is 4.30. The van der Waals surface area contributed by atoms with Crippen LogP contribution in [0.5, 0.6) is 17.2 Å². The van der Waals surface area contributed by atoms with Gasteiger partial charge in [0.1, 0.15) is 5.75 Å². The number of carbonyl (C=O) groups excluding carboxylic acids is 1. The summed E-state index contributed by atoms with van der Waals surface area (Å²) in [6.45, 7) is 9.56. The SMILES string of the molecule is COc1cccc(CN2CCc3cc(OC)c(OC)cc3[C@H]2[C@H](C)NC(=O)NC(C)(C)C)c1. The fraction of sp³-hybridized carbons (Fsp3) is 0.500. The summed E-state index contributed by atoms with van der Waals surface area (Å²) < 4.78 is 16.5. The van der Waals surface area contributed by atoms with E-state index in [1.54, 1.807) is 21.3 Å². The lowest BCUT2D eigenvalue weighted by molar-refractivity contribution is 0.142. The first-order valence-electron chi connectivity index (χ1n) is 11.4. The number of methoxy groups -OCH3 is 3. The van der Waals surface area contributed by atoms with Crippen molar-refractivity contribution < 1.29 is 19.0 Å². The van der Waals surface area contributed by atoms with Crippen LogP contribution in [-0.2, 0) is 13.0 Å². The highest BCUT2D eigenvalue weighted by molar-refractivity contribution is 5.75. The molecule has 0 saturated heterocycles. The first kappa shape index (κ1) is 24.7. The molecule has 2 atom stereocenters. The van der Waals surface area contributed by atoms with Crippen LogP contribution in [0.15, 0.2) is 36.4 Å². The highest BCUT2D eigenvalue weighted by Crippen LogP contribution is 2.40. The second-order valence-electron chi connectivity index (χ2n) is 9.56. The summed E-state index contributed by atoms with van der Waals surface area (Å²) in [5.74, 6) is 2.25. The number of amides is 2. The van der Waals surface area contributed by atoms with E-state index in [0.29, 0.717) is 5.75 Å². The van der Waals surface area contributed by atoms with E-state index in [0.717, 1.165) is 42.1 Å². The van der Waals surface area contributed by atoms with Gasteiger partial charge in [-0.2, -0.15) is 0 Å². The molecule has 33 heavy (non-hydrogen) atoms. The van der Waals surface area contributed by atoms with Gasteiger partial charge in [0.25, 0.3) is 0 Å². The fourth-order valence-corrected chi connectivity index (χ4v) is 4.46. The Morgan fingerprint density at radius 3 is 2.42 bits per heavy atom. The number of carbonyl (C=O) groups is 1. The summed E-state index contributed by atoms with van der Waals surface area (Å²) in [5, 5.41) is 6.17. The summed E-state index contributed by atoms with van der Waals surface area (Å²) in [7, 11) is 4.98. The number of ether oxygens (including phenoxy) is 3. The molecule has 1 aliphatic rings. The Bertz CT molecular complexity index is 970. The van der Waals surface area contributed by atoms with Crippen molar-refractivity contribution in [3.05, 3.63) is 53.1 Å². The largest absolute Gasteiger partial charge is 0.497 e. The summed E-state index contributed by atoms with van der Waals surface area (Å²) in [6.07, 6.45) is 0.886. The quantitative estimate of drug-likeness (QED) is 0.651. The van der Waals surface area contributed by atoms with Gasteiger partial charge in [0, 0.05) is 24.7 Å².